The van der Waals surface area contributed by atoms with Crippen LogP contribution in [-0.4, -0.2) is 22.8 Å². The predicted octanol–water partition coefficient (Wildman–Crippen LogP) is 3.14. The first-order chi connectivity index (χ1) is 10.0. The number of alkyl halides is 2. The van der Waals surface area contributed by atoms with Crippen molar-refractivity contribution in [3.05, 3.63) is 47.3 Å². The minimum atomic E-state index is -2.83. The summed E-state index contributed by atoms with van der Waals surface area (Å²) in [5.74, 6) is 0.508. The molecule has 2 aromatic rings. The van der Waals surface area contributed by atoms with Gasteiger partial charge < -0.3 is 4.74 Å². The molecule has 0 radical (unpaired) electrons. The summed E-state index contributed by atoms with van der Waals surface area (Å²) >= 11 is 0. The molecule has 1 aromatic heterocycles. The lowest BCUT2D eigenvalue weighted by Gasteiger charge is -2.04. The minimum Gasteiger partial charge on any atom is -0.435 e. The van der Waals surface area contributed by atoms with Crippen molar-refractivity contribution in [3.8, 4) is 5.75 Å². The predicted molar refractivity (Wildman–Crippen MR) is 75.8 cm³/mol. The third-order valence-electron chi connectivity index (χ3n) is 2.47. The van der Waals surface area contributed by atoms with Crippen molar-refractivity contribution in [2.24, 2.45) is 5.10 Å². The van der Waals surface area contributed by atoms with Gasteiger partial charge in [0.05, 0.1) is 6.21 Å². The van der Waals surface area contributed by atoms with Crippen LogP contribution in [-0.2, 0) is 0 Å². The molecule has 5 nitrogen and oxygen atoms in total. The number of benzene rings is 1. The van der Waals surface area contributed by atoms with Gasteiger partial charge in [0.2, 0.25) is 5.95 Å². The largest absolute Gasteiger partial charge is 0.435 e. The van der Waals surface area contributed by atoms with E-state index in [0.717, 1.165) is 17.0 Å². The number of anilines is 1. The monoisotopic (exact) mass is 292 g/mol. The second-order valence-electron chi connectivity index (χ2n) is 4.29. The Morgan fingerprint density at radius 2 is 1.76 bits per heavy atom. The molecule has 0 bridgehead atoms. The van der Waals surface area contributed by atoms with Crippen LogP contribution >= 0.6 is 0 Å². The number of halogens is 2. The van der Waals surface area contributed by atoms with Crippen molar-refractivity contribution >= 4 is 12.2 Å². The number of hydrogen-bond acceptors (Lipinski definition) is 5. The third-order valence-corrected chi connectivity index (χ3v) is 2.47. The number of hydrazone groups is 1. The van der Waals surface area contributed by atoms with Gasteiger partial charge in [-0.25, -0.2) is 15.4 Å². The Balaban J connectivity index is 1.97. The fraction of sp³-hybridized carbons (Fsp3) is 0.214. The van der Waals surface area contributed by atoms with E-state index in [1.807, 2.05) is 19.9 Å². The Kier molecular flexibility index (Phi) is 4.76. The average Bonchev–Trinajstić information content (AvgIpc) is 2.39. The first-order valence-electron chi connectivity index (χ1n) is 6.19. The Morgan fingerprint density at radius 1 is 1.14 bits per heavy atom. The highest BCUT2D eigenvalue weighted by molar-refractivity contribution is 5.80. The summed E-state index contributed by atoms with van der Waals surface area (Å²) in [7, 11) is 0. The zero-order valence-corrected chi connectivity index (χ0v) is 11.5. The van der Waals surface area contributed by atoms with Crippen LogP contribution in [0, 0.1) is 13.8 Å². The maximum atomic E-state index is 12.0. The smallest absolute Gasteiger partial charge is 0.387 e. The molecule has 1 aromatic carbocycles. The Labute approximate surface area is 120 Å². The Hall–Kier alpha value is -2.57. The summed E-state index contributed by atoms with van der Waals surface area (Å²) < 4.78 is 28.3. The maximum Gasteiger partial charge on any atom is 0.387 e. The maximum absolute atomic E-state index is 12.0. The van der Waals surface area contributed by atoms with E-state index in [-0.39, 0.29) is 5.75 Å². The fourth-order valence-corrected chi connectivity index (χ4v) is 1.68. The molecule has 110 valence electrons. The van der Waals surface area contributed by atoms with Gasteiger partial charge in [-0.2, -0.15) is 13.9 Å². The lowest BCUT2D eigenvalue weighted by atomic mass is 10.2. The molecule has 7 heteroatoms. The molecule has 0 spiro atoms. The Morgan fingerprint density at radius 3 is 2.33 bits per heavy atom. The van der Waals surface area contributed by atoms with Crippen molar-refractivity contribution in [2.45, 2.75) is 20.5 Å². The summed E-state index contributed by atoms with van der Waals surface area (Å²) in [4.78, 5) is 8.35. The molecule has 0 atom stereocenters. The number of aromatic nitrogens is 2. The van der Waals surface area contributed by atoms with E-state index in [2.05, 4.69) is 25.2 Å². The van der Waals surface area contributed by atoms with Crippen molar-refractivity contribution in [2.75, 3.05) is 5.43 Å². The van der Waals surface area contributed by atoms with Gasteiger partial charge in [0.25, 0.3) is 0 Å². The molecule has 0 aliphatic rings. The summed E-state index contributed by atoms with van der Waals surface area (Å²) in [5.41, 5.74) is 5.13. The summed E-state index contributed by atoms with van der Waals surface area (Å²) in [6, 6.07) is 7.98. The number of rotatable bonds is 5. The summed E-state index contributed by atoms with van der Waals surface area (Å²) in [6.45, 7) is 0.907. The molecule has 0 fully saturated rings. The van der Waals surface area contributed by atoms with Gasteiger partial charge in [0, 0.05) is 11.4 Å². The van der Waals surface area contributed by atoms with Gasteiger partial charge in [-0.05, 0) is 49.7 Å². The molecule has 0 saturated carbocycles. The molecule has 0 amide bonds. The number of nitrogens with one attached hydrogen (secondary N) is 1. The van der Waals surface area contributed by atoms with Crippen LogP contribution in [0.2, 0.25) is 0 Å². The van der Waals surface area contributed by atoms with Crippen molar-refractivity contribution < 1.29 is 13.5 Å². The van der Waals surface area contributed by atoms with Gasteiger partial charge in [-0.1, -0.05) is 0 Å². The fourth-order valence-electron chi connectivity index (χ4n) is 1.68. The van der Waals surface area contributed by atoms with E-state index >= 15 is 0 Å². The van der Waals surface area contributed by atoms with E-state index < -0.39 is 6.61 Å². The molecule has 1 heterocycles. The molecule has 0 aliphatic heterocycles. The molecule has 0 saturated heterocycles. The summed E-state index contributed by atoms with van der Waals surface area (Å²) in [6.07, 6.45) is 1.53. The van der Waals surface area contributed by atoms with Crippen LogP contribution in [0.1, 0.15) is 17.0 Å². The number of aryl methyl sites for hydroxylation is 2. The van der Waals surface area contributed by atoms with E-state index in [0.29, 0.717) is 5.95 Å². The van der Waals surface area contributed by atoms with E-state index in [9.17, 15) is 8.78 Å². The zero-order chi connectivity index (χ0) is 15.2. The van der Waals surface area contributed by atoms with E-state index in [1.165, 1.54) is 18.3 Å². The second-order valence-corrected chi connectivity index (χ2v) is 4.29. The minimum absolute atomic E-state index is 0.104. The average molecular weight is 292 g/mol. The third kappa shape index (κ3) is 4.79. The van der Waals surface area contributed by atoms with Crippen molar-refractivity contribution in [1.82, 2.24) is 9.97 Å². The van der Waals surface area contributed by atoms with Crippen molar-refractivity contribution in [3.63, 3.8) is 0 Å². The lowest BCUT2D eigenvalue weighted by molar-refractivity contribution is -0.0498. The molecule has 0 aliphatic carbocycles. The van der Waals surface area contributed by atoms with Crippen LogP contribution in [0.15, 0.2) is 35.4 Å². The topological polar surface area (TPSA) is 59.4 Å². The number of nitrogens with zero attached hydrogens (tertiary/aromatic N) is 3. The SMILES string of the molecule is Cc1cc(C)nc(NN=Cc2ccc(OC(F)F)cc2)n1. The molecule has 21 heavy (non-hydrogen) atoms. The van der Waals surface area contributed by atoms with Crippen LogP contribution < -0.4 is 10.2 Å². The van der Waals surface area contributed by atoms with Gasteiger partial charge in [0.1, 0.15) is 5.75 Å². The highest BCUT2D eigenvalue weighted by atomic mass is 19.3. The van der Waals surface area contributed by atoms with Crippen LogP contribution in [0.25, 0.3) is 0 Å². The molecular weight excluding hydrogens is 278 g/mol. The van der Waals surface area contributed by atoms with Crippen LogP contribution in [0.4, 0.5) is 14.7 Å². The second kappa shape index (κ2) is 6.74. The number of ether oxygens (including phenoxy) is 1. The highest BCUT2D eigenvalue weighted by Crippen LogP contribution is 2.14. The van der Waals surface area contributed by atoms with Gasteiger partial charge >= 0.3 is 6.61 Å². The highest BCUT2D eigenvalue weighted by Gasteiger charge is 2.03. The molecule has 0 unspecified atom stereocenters. The number of hydrogen-bond donors (Lipinski definition) is 1. The molecule has 1 N–H and O–H groups in total. The molecule has 2 rings (SSSR count). The standard InChI is InChI=1S/C14H14F2N4O/c1-9-7-10(2)19-14(18-9)20-17-8-11-3-5-12(6-4-11)21-13(15)16/h3-8,13H,1-2H3,(H,18,19,20). The lowest BCUT2D eigenvalue weighted by Crippen LogP contribution is -2.02. The van der Waals surface area contributed by atoms with Crippen molar-refractivity contribution in [1.29, 1.82) is 0 Å². The zero-order valence-electron chi connectivity index (χ0n) is 11.5. The van der Waals surface area contributed by atoms with Gasteiger partial charge in [0.15, 0.2) is 0 Å². The van der Waals surface area contributed by atoms with Gasteiger partial charge in [-0.3, -0.25) is 0 Å². The van der Waals surface area contributed by atoms with E-state index in [4.69, 9.17) is 0 Å². The normalized spacial score (nSPS) is 11.1. The first-order valence-corrected chi connectivity index (χ1v) is 6.19. The first kappa shape index (κ1) is 14.8. The summed E-state index contributed by atoms with van der Waals surface area (Å²) in [5, 5.41) is 4.00. The Bertz CT molecular complexity index is 609. The van der Waals surface area contributed by atoms with E-state index in [1.54, 1.807) is 12.1 Å². The molecular formula is C14H14F2N4O. The van der Waals surface area contributed by atoms with Crippen LogP contribution in [0.3, 0.4) is 0 Å². The van der Waals surface area contributed by atoms with Gasteiger partial charge in [-0.15, -0.1) is 0 Å². The quantitative estimate of drug-likeness (QED) is 0.679. The van der Waals surface area contributed by atoms with Crippen LogP contribution in [0.5, 0.6) is 5.75 Å².